The summed E-state index contributed by atoms with van der Waals surface area (Å²) in [7, 11) is 0. The first-order valence-electron chi connectivity index (χ1n) is 8.83. The van der Waals surface area contributed by atoms with Crippen LogP contribution in [0, 0.1) is 6.92 Å². The molecule has 1 aliphatic carbocycles. The number of aromatic nitrogens is 2. The highest BCUT2D eigenvalue weighted by molar-refractivity contribution is 7.99. The van der Waals surface area contributed by atoms with E-state index < -0.39 is 0 Å². The number of rotatable bonds is 6. The first-order chi connectivity index (χ1) is 12.7. The van der Waals surface area contributed by atoms with Crippen LogP contribution in [0.3, 0.4) is 0 Å². The van der Waals surface area contributed by atoms with Crippen molar-refractivity contribution in [3.63, 3.8) is 0 Å². The fraction of sp³-hybridized carbons (Fsp3) is 0.238. The number of carbonyl (C=O) groups excluding carboxylic acids is 1. The van der Waals surface area contributed by atoms with Crippen LogP contribution in [0.15, 0.2) is 66.0 Å². The lowest BCUT2D eigenvalue weighted by Gasteiger charge is -2.12. The number of carbonyl (C=O) groups is 1. The standard InChI is InChI=1S/C21H21N3OS/c1-15-7-9-16(10-8-15)19-13-22-21(24(19)18-5-3-2-4-6-18)26-14-20(25)23-17-11-12-17/h2-10,13,17H,11-12,14H2,1H3,(H,23,25). The third-order valence-corrected chi connectivity index (χ3v) is 5.32. The normalized spacial score (nSPS) is 13.6. The van der Waals surface area contributed by atoms with Crippen molar-refractivity contribution in [2.24, 2.45) is 0 Å². The number of imidazole rings is 1. The molecule has 4 rings (SSSR count). The average Bonchev–Trinajstić information content (AvgIpc) is 3.37. The molecule has 0 radical (unpaired) electrons. The molecule has 4 nitrogen and oxygen atoms in total. The quantitative estimate of drug-likeness (QED) is 0.667. The van der Waals surface area contributed by atoms with Crippen molar-refractivity contribution in [3.8, 4) is 16.9 Å². The lowest BCUT2D eigenvalue weighted by Crippen LogP contribution is -2.27. The second kappa shape index (κ2) is 7.38. The fourth-order valence-corrected chi connectivity index (χ4v) is 3.62. The largest absolute Gasteiger partial charge is 0.353 e. The van der Waals surface area contributed by atoms with Crippen LogP contribution in [0.5, 0.6) is 0 Å². The van der Waals surface area contributed by atoms with Crippen molar-refractivity contribution in [2.75, 3.05) is 5.75 Å². The summed E-state index contributed by atoms with van der Waals surface area (Å²) in [4.78, 5) is 16.7. The summed E-state index contributed by atoms with van der Waals surface area (Å²) >= 11 is 1.48. The predicted octanol–water partition coefficient (Wildman–Crippen LogP) is 4.22. The maximum atomic E-state index is 12.1. The number of amides is 1. The molecular formula is C21H21N3OS. The van der Waals surface area contributed by atoms with Crippen LogP contribution in [0.4, 0.5) is 0 Å². The third kappa shape index (κ3) is 3.83. The first kappa shape index (κ1) is 16.9. The number of nitrogens with one attached hydrogen (secondary N) is 1. The molecule has 0 atom stereocenters. The Bertz CT molecular complexity index is 899. The SMILES string of the molecule is Cc1ccc(-c2cnc(SCC(=O)NC3CC3)n2-c2ccccc2)cc1. The Kier molecular flexibility index (Phi) is 4.80. The van der Waals surface area contributed by atoms with Crippen molar-refractivity contribution in [1.29, 1.82) is 0 Å². The fourth-order valence-electron chi connectivity index (χ4n) is 2.82. The van der Waals surface area contributed by atoms with Gasteiger partial charge in [0.2, 0.25) is 5.91 Å². The van der Waals surface area contributed by atoms with E-state index in [4.69, 9.17) is 0 Å². The summed E-state index contributed by atoms with van der Waals surface area (Å²) in [5.41, 5.74) is 4.42. The molecule has 5 heteroatoms. The van der Waals surface area contributed by atoms with E-state index in [9.17, 15) is 4.79 Å². The summed E-state index contributed by atoms with van der Waals surface area (Å²) < 4.78 is 2.12. The molecule has 0 aliphatic heterocycles. The maximum Gasteiger partial charge on any atom is 0.230 e. The highest BCUT2D eigenvalue weighted by Gasteiger charge is 2.23. The molecule has 0 unspecified atom stereocenters. The van der Waals surface area contributed by atoms with Crippen LogP contribution in [-0.4, -0.2) is 27.3 Å². The number of hydrogen-bond acceptors (Lipinski definition) is 3. The molecular weight excluding hydrogens is 342 g/mol. The lowest BCUT2D eigenvalue weighted by atomic mass is 10.1. The molecule has 1 amide bonds. The summed E-state index contributed by atoms with van der Waals surface area (Å²) in [6.07, 6.45) is 4.10. The minimum Gasteiger partial charge on any atom is -0.353 e. The lowest BCUT2D eigenvalue weighted by molar-refractivity contribution is -0.118. The van der Waals surface area contributed by atoms with Gasteiger partial charge in [0.05, 0.1) is 17.6 Å². The Morgan fingerprint density at radius 2 is 1.88 bits per heavy atom. The molecule has 1 aromatic heterocycles. The van der Waals surface area contributed by atoms with Crippen LogP contribution >= 0.6 is 11.8 Å². The van der Waals surface area contributed by atoms with Crippen molar-refractivity contribution >= 4 is 17.7 Å². The smallest absolute Gasteiger partial charge is 0.230 e. The van der Waals surface area contributed by atoms with Crippen molar-refractivity contribution in [3.05, 3.63) is 66.4 Å². The molecule has 26 heavy (non-hydrogen) atoms. The number of nitrogens with zero attached hydrogens (tertiary/aromatic N) is 2. The van der Waals surface area contributed by atoms with Gasteiger partial charge >= 0.3 is 0 Å². The zero-order valence-corrected chi connectivity index (χ0v) is 15.5. The molecule has 0 saturated heterocycles. The van der Waals surface area contributed by atoms with Gasteiger partial charge in [0.25, 0.3) is 0 Å². The molecule has 1 saturated carbocycles. The monoisotopic (exact) mass is 363 g/mol. The molecule has 0 spiro atoms. The van der Waals surface area contributed by atoms with E-state index in [-0.39, 0.29) is 5.91 Å². The Morgan fingerprint density at radius 1 is 1.15 bits per heavy atom. The van der Waals surface area contributed by atoms with E-state index in [1.54, 1.807) is 0 Å². The van der Waals surface area contributed by atoms with Crippen LogP contribution in [0.1, 0.15) is 18.4 Å². The Hall–Kier alpha value is -2.53. The molecule has 3 aromatic rings. The number of thioether (sulfide) groups is 1. The molecule has 1 fully saturated rings. The van der Waals surface area contributed by atoms with Crippen LogP contribution < -0.4 is 5.32 Å². The highest BCUT2D eigenvalue weighted by Crippen LogP contribution is 2.30. The van der Waals surface area contributed by atoms with Crippen molar-refractivity contribution in [2.45, 2.75) is 31.0 Å². The summed E-state index contributed by atoms with van der Waals surface area (Å²) in [5.74, 6) is 0.463. The van der Waals surface area contributed by atoms with Crippen LogP contribution in [-0.2, 0) is 4.79 Å². The van der Waals surface area contributed by atoms with Gasteiger partial charge in [-0.3, -0.25) is 9.36 Å². The number of para-hydroxylation sites is 1. The van der Waals surface area contributed by atoms with Gasteiger partial charge in [-0.25, -0.2) is 4.98 Å². The highest BCUT2D eigenvalue weighted by atomic mass is 32.2. The second-order valence-corrected chi connectivity index (χ2v) is 7.54. The van der Waals surface area contributed by atoms with E-state index in [1.165, 1.54) is 17.3 Å². The van der Waals surface area contributed by atoms with E-state index in [2.05, 4.69) is 58.2 Å². The van der Waals surface area contributed by atoms with Crippen LogP contribution in [0.2, 0.25) is 0 Å². The van der Waals surface area contributed by atoms with E-state index in [0.717, 1.165) is 34.9 Å². The van der Waals surface area contributed by atoms with Gasteiger partial charge in [0, 0.05) is 17.3 Å². The zero-order chi connectivity index (χ0) is 17.9. The Morgan fingerprint density at radius 3 is 2.58 bits per heavy atom. The van der Waals surface area contributed by atoms with E-state index >= 15 is 0 Å². The zero-order valence-electron chi connectivity index (χ0n) is 14.7. The predicted molar refractivity (Wildman–Crippen MR) is 106 cm³/mol. The minimum atomic E-state index is 0.0806. The van der Waals surface area contributed by atoms with Gasteiger partial charge in [-0.15, -0.1) is 0 Å². The van der Waals surface area contributed by atoms with E-state index in [0.29, 0.717) is 11.8 Å². The second-order valence-electron chi connectivity index (χ2n) is 6.59. The number of benzene rings is 2. The average molecular weight is 363 g/mol. The van der Waals surface area contributed by atoms with E-state index in [1.807, 2.05) is 24.4 Å². The van der Waals surface area contributed by atoms with Gasteiger partial charge in [-0.05, 0) is 31.9 Å². The van der Waals surface area contributed by atoms with Crippen LogP contribution in [0.25, 0.3) is 16.9 Å². The topological polar surface area (TPSA) is 46.9 Å². The number of aryl methyl sites for hydroxylation is 1. The summed E-state index contributed by atoms with van der Waals surface area (Å²) in [6, 6.07) is 19.0. The van der Waals surface area contributed by atoms with Gasteiger partial charge in [0.15, 0.2) is 5.16 Å². The van der Waals surface area contributed by atoms with Gasteiger partial charge in [-0.2, -0.15) is 0 Å². The van der Waals surface area contributed by atoms with Gasteiger partial charge in [0.1, 0.15) is 0 Å². The summed E-state index contributed by atoms with van der Waals surface area (Å²) in [6.45, 7) is 2.08. The molecule has 132 valence electrons. The van der Waals surface area contributed by atoms with Crippen molar-refractivity contribution < 1.29 is 4.79 Å². The maximum absolute atomic E-state index is 12.1. The molecule has 1 aliphatic rings. The summed E-state index contributed by atoms with van der Waals surface area (Å²) in [5, 5.41) is 3.86. The first-order valence-corrected chi connectivity index (χ1v) is 9.81. The molecule has 2 aromatic carbocycles. The van der Waals surface area contributed by atoms with Gasteiger partial charge < -0.3 is 5.32 Å². The minimum absolute atomic E-state index is 0.0806. The molecule has 1 heterocycles. The van der Waals surface area contributed by atoms with Crippen molar-refractivity contribution in [1.82, 2.24) is 14.9 Å². The molecule has 0 bridgehead atoms. The Labute approximate surface area is 157 Å². The molecule has 1 N–H and O–H groups in total. The van der Waals surface area contributed by atoms with Gasteiger partial charge in [-0.1, -0.05) is 59.8 Å². The number of hydrogen-bond donors (Lipinski definition) is 1. The third-order valence-electron chi connectivity index (χ3n) is 4.37. The Balaban J connectivity index is 1.65.